The number of nitrogens with one attached hydrogen (secondary N) is 1. The lowest BCUT2D eigenvalue weighted by atomic mass is 10.0. The van der Waals surface area contributed by atoms with Crippen LogP contribution in [0.4, 0.5) is 5.95 Å². The number of hydrogen-bond acceptors (Lipinski definition) is 6. The first-order valence-electron chi connectivity index (χ1n) is 10.3. The van der Waals surface area contributed by atoms with Gasteiger partial charge in [0, 0.05) is 49.4 Å². The molecule has 1 saturated heterocycles. The number of rotatable bonds is 5. The highest BCUT2D eigenvalue weighted by molar-refractivity contribution is 5.94. The van der Waals surface area contributed by atoms with E-state index in [1.165, 1.54) is 5.56 Å². The summed E-state index contributed by atoms with van der Waals surface area (Å²) in [4.78, 5) is 26.3. The third-order valence-corrected chi connectivity index (χ3v) is 5.44. The van der Waals surface area contributed by atoms with Gasteiger partial charge < -0.3 is 19.9 Å². The molecule has 1 N–H and O–H groups in total. The summed E-state index contributed by atoms with van der Waals surface area (Å²) in [7, 11) is 4.07. The van der Waals surface area contributed by atoms with Crippen molar-refractivity contribution in [2.24, 2.45) is 0 Å². The number of fused-ring (bicyclic) bond motifs is 1. The Hall–Kier alpha value is -2.51. The van der Waals surface area contributed by atoms with E-state index in [1.807, 2.05) is 44.6 Å². The van der Waals surface area contributed by atoms with E-state index in [9.17, 15) is 4.79 Å². The number of amides is 1. The molecule has 3 heterocycles. The van der Waals surface area contributed by atoms with Crippen LogP contribution < -0.4 is 10.2 Å². The minimum atomic E-state index is -0.0169. The summed E-state index contributed by atoms with van der Waals surface area (Å²) in [5.74, 6) is 0.745. The summed E-state index contributed by atoms with van der Waals surface area (Å²) in [5, 5.41) is 3.19. The molecule has 29 heavy (non-hydrogen) atoms. The lowest BCUT2D eigenvalue weighted by Crippen LogP contribution is -2.48. The Labute approximate surface area is 172 Å². The van der Waals surface area contributed by atoms with Crippen molar-refractivity contribution >= 4 is 11.9 Å². The van der Waals surface area contributed by atoms with Crippen LogP contribution in [0.5, 0.6) is 0 Å². The number of benzene rings is 1. The Balaban J connectivity index is 1.38. The molecule has 0 spiro atoms. The molecule has 4 rings (SSSR count). The second kappa shape index (κ2) is 8.88. The molecule has 1 aromatic carbocycles. The highest BCUT2D eigenvalue weighted by Gasteiger charge is 2.24. The van der Waals surface area contributed by atoms with Gasteiger partial charge in [-0.1, -0.05) is 12.1 Å². The largest absolute Gasteiger partial charge is 0.376 e. The number of hydrogen-bond donors (Lipinski definition) is 1. The minimum absolute atomic E-state index is 0.0169. The van der Waals surface area contributed by atoms with Crippen LogP contribution >= 0.6 is 0 Å². The summed E-state index contributed by atoms with van der Waals surface area (Å²) in [6.07, 6.45) is 4.70. The van der Waals surface area contributed by atoms with Gasteiger partial charge >= 0.3 is 0 Å². The second-order valence-electron chi connectivity index (χ2n) is 8.14. The fraction of sp³-hybridized carbons (Fsp3) is 0.500. The van der Waals surface area contributed by atoms with Gasteiger partial charge in [-0.05, 0) is 44.6 Å². The average molecular weight is 396 g/mol. The molecule has 0 bridgehead atoms. The lowest BCUT2D eigenvalue weighted by Gasteiger charge is -2.33. The first-order chi connectivity index (χ1) is 14.1. The molecule has 2 aliphatic rings. The van der Waals surface area contributed by atoms with Gasteiger partial charge in [-0.2, -0.15) is 0 Å². The highest BCUT2D eigenvalue weighted by atomic mass is 16.5. The molecule has 154 valence electrons. The maximum absolute atomic E-state index is 12.7. The maximum atomic E-state index is 12.7. The Kier molecular flexibility index (Phi) is 6.06. The van der Waals surface area contributed by atoms with Crippen molar-refractivity contribution in [1.82, 2.24) is 20.2 Å². The van der Waals surface area contributed by atoms with E-state index in [0.29, 0.717) is 12.2 Å². The smallest absolute Gasteiger partial charge is 0.251 e. The van der Waals surface area contributed by atoms with Gasteiger partial charge in [-0.3, -0.25) is 4.79 Å². The molecule has 0 saturated carbocycles. The van der Waals surface area contributed by atoms with Crippen LogP contribution in [0.1, 0.15) is 40.0 Å². The summed E-state index contributed by atoms with van der Waals surface area (Å²) in [5.41, 5.74) is 4.07. The average Bonchev–Trinajstić information content (AvgIpc) is 2.73. The fourth-order valence-electron chi connectivity index (χ4n) is 3.94. The quantitative estimate of drug-likeness (QED) is 0.835. The molecule has 1 amide bonds. The number of nitrogens with zero attached hydrogens (tertiary/aromatic N) is 4. The summed E-state index contributed by atoms with van der Waals surface area (Å²) >= 11 is 0. The Morgan fingerprint density at radius 1 is 1.31 bits per heavy atom. The molecule has 1 aromatic heterocycles. The number of carbonyl (C=O) groups is 1. The summed E-state index contributed by atoms with van der Waals surface area (Å²) < 4.78 is 5.47. The van der Waals surface area contributed by atoms with Crippen LogP contribution in [0.25, 0.3) is 0 Å². The number of aromatic nitrogens is 2. The monoisotopic (exact) mass is 395 g/mol. The number of carbonyl (C=O) groups excluding carboxylic acids is 1. The van der Waals surface area contributed by atoms with Crippen LogP contribution in [-0.2, 0) is 24.3 Å². The van der Waals surface area contributed by atoms with Gasteiger partial charge in [0.2, 0.25) is 5.95 Å². The normalized spacial score (nSPS) is 19.1. The van der Waals surface area contributed by atoms with Crippen LogP contribution in [0, 0.1) is 0 Å². The van der Waals surface area contributed by atoms with Crippen molar-refractivity contribution in [3.05, 3.63) is 52.8 Å². The predicted octanol–water partition coefficient (Wildman–Crippen LogP) is 2.01. The van der Waals surface area contributed by atoms with Crippen LogP contribution in [0.3, 0.4) is 0 Å². The molecule has 1 fully saturated rings. The minimum Gasteiger partial charge on any atom is -0.376 e. The fourth-order valence-corrected chi connectivity index (χ4v) is 3.94. The Bertz CT molecular complexity index is 853. The Morgan fingerprint density at radius 2 is 2.14 bits per heavy atom. The summed E-state index contributed by atoms with van der Waals surface area (Å²) in [6.45, 7) is 3.84. The summed E-state index contributed by atoms with van der Waals surface area (Å²) in [6, 6.07) is 7.95. The third kappa shape index (κ3) is 4.92. The van der Waals surface area contributed by atoms with Gasteiger partial charge in [-0.25, -0.2) is 9.97 Å². The number of anilines is 1. The highest BCUT2D eigenvalue weighted by Crippen LogP contribution is 2.20. The van der Waals surface area contributed by atoms with Gasteiger partial charge in [0.15, 0.2) is 0 Å². The molecule has 0 radical (unpaired) electrons. The molecule has 7 nitrogen and oxygen atoms in total. The SMILES string of the molecule is CN(C)Cc1ccc(C(=O)N[C@H]2CCCN(c3ncc4c(n3)CCOC4)C2)cc1. The van der Waals surface area contributed by atoms with Crippen molar-refractivity contribution < 1.29 is 9.53 Å². The van der Waals surface area contributed by atoms with Crippen LogP contribution in [0.15, 0.2) is 30.5 Å². The topological polar surface area (TPSA) is 70.6 Å². The molecule has 7 heteroatoms. The van der Waals surface area contributed by atoms with E-state index in [0.717, 1.165) is 62.7 Å². The molecular weight excluding hydrogens is 366 g/mol. The van der Waals surface area contributed by atoms with Crippen molar-refractivity contribution in [2.45, 2.75) is 38.5 Å². The predicted molar refractivity (Wildman–Crippen MR) is 112 cm³/mol. The van der Waals surface area contributed by atoms with E-state index in [-0.39, 0.29) is 11.9 Å². The van der Waals surface area contributed by atoms with E-state index >= 15 is 0 Å². The van der Waals surface area contributed by atoms with Crippen molar-refractivity contribution in [3.8, 4) is 0 Å². The number of piperidine rings is 1. The number of ether oxygens (including phenoxy) is 1. The molecule has 0 aliphatic carbocycles. The molecular formula is C22H29N5O2. The molecule has 1 atom stereocenters. The van der Waals surface area contributed by atoms with E-state index < -0.39 is 0 Å². The Morgan fingerprint density at radius 3 is 2.93 bits per heavy atom. The second-order valence-corrected chi connectivity index (χ2v) is 8.14. The molecule has 2 aromatic rings. The van der Waals surface area contributed by atoms with E-state index in [2.05, 4.69) is 20.1 Å². The van der Waals surface area contributed by atoms with Crippen LogP contribution in [-0.4, -0.2) is 60.6 Å². The third-order valence-electron chi connectivity index (χ3n) is 5.44. The van der Waals surface area contributed by atoms with Crippen molar-refractivity contribution in [2.75, 3.05) is 38.7 Å². The zero-order valence-electron chi connectivity index (χ0n) is 17.2. The standard InChI is InChI=1S/C22H29N5O2/c1-26(2)13-16-5-7-17(8-6-16)21(28)24-19-4-3-10-27(14-19)22-23-12-18-15-29-11-9-20(18)25-22/h5-8,12,19H,3-4,9-11,13-15H2,1-2H3,(H,24,28)/t19-/m0/s1. The van der Waals surface area contributed by atoms with Gasteiger partial charge in [0.1, 0.15) is 0 Å². The zero-order chi connectivity index (χ0) is 20.2. The van der Waals surface area contributed by atoms with Gasteiger partial charge in [0.05, 0.1) is 18.9 Å². The van der Waals surface area contributed by atoms with Crippen molar-refractivity contribution in [1.29, 1.82) is 0 Å². The van der Waals surface area contributed by atoms with Crippen molar-refractivity contribution in [3.63, 3.8) is 0 Å². The maximum Gasteiger partial charge on any atom is 0.251 e. The zero-order valence-corrected chi connectivity index (χ0v) is 17.2. The van der Waals surface area contributed by atoms with Gasteiger partial charge in [0.25, 0.3) is 5.91 Å². The molecule has 2 aliphatic heterocycles. The first kappa shape index (κ1) is 19.8. The van der Waals surface area contributed by atoms with Gasteiger partial charge in [-0.15, -0.1) is 0 Å². The first-order valence-corrected chi connectivity index (χ1v) is 10.3. The van der Waals surface area contributed by atoms with E-state index in [4.69, 9.17) is 9.72 Å². The lowest BCUT2D eigenvalue weighted by molar-refractivity contribution is 0.0933. The van der Waals surface area contributed by atoms with E-state index in [1.54, 1.807) is 0 Å². The van der Waals surface area contributed by atoms with Crippen LogP contribution in [0.2, 0.25) is 0 Å². The molecule has 0 unspecified atom stereocenters.